The Kier molecular flexibility index (Phi) is 5.15. The van der Waals surface area contributed by atoms with E-state index in [0.29, 0.717) is 36.1 Å². The molecule has 0 aliphatic carbocycles. The van der Waals surface area contributed by atoms with Gasteiger partial charge < -0.3 is 14.8 Å². The first-order chi connectivity index (χ1) is 10.2. The molecule has 0 saturated carbocycles. The minimum Gasteiger partial charge on any atom is -0.490 e. The van der Waals surface area contributed by atoms with Crippen LogP contribution in [0.5, 0.6) is 11.5 Å². The van der Waals surface area contributed by atoms with Crippen molar-refractivity contribution in [2.45, 2.75) is 13.8 Å². The maximum atomic E-state index is 12.0. The van der Waals surface area contributed by atoms with Crippen LogP contribution in [0.1, 0.15) is 24.3 Å². The second kappa shape index (κ2) is 7.28. The van der Waals surface area contributed by atoms with E-state index in [1.165, 1.54) is 0 Å². The van der Waals surface area contributed by atoms with Gasteiger partial charge in [-0.05, 0) is 38.1 Å². The number of hydrogen-bond acceptors (Lipinski definition) is 4. The van der Waals surface area contributed by atoms with Gasteiger partial charge in [0.05, 0.1) is 13.2 Å². The monoisotopic (exact) mass is 286 g/mol. The highest BCUT2D eigenvalue weighted by Crippen LogP contribution is 2.30. The van der Waals surface area contributed by atoms with E-state index in [2.05, 4.69) is 10.3 Å². The quantitative estimate of drug-likeness (QED) is 0.886. The van der Waals surface area contributed by atoms with Gasteiger partial charge >= 0.3 is 0 Å². The van der Waals surface area contributed by atoms with E-state index in [1.807, 2.05) is 13.8 Å². The third kappa shape index (κ3) is 3.95. The van der Waals surface area contributed by atoms with E-state index < -0.39 is 0 Å². The standard InChI is InChI=1S/C16H18N2O3/c1-3-20-14-9-8-12(11-15(14)21-4-2)18-16(19)13-7-5-6-10-17-13/h5-11H,3-4H2,1-2H3,(H,18,19). The number of amides is 1. The van der Waals surface area contributed by atoms with Gasteiger partial charge in [0.25, 0.3) is 5.91 Å². The summed E-state index contributed by atoms with van der Waals surface area (Å²) in [6.07, 6.45) is 1.58. The number of benzene rings is 1. The molecular weight excluding hydrogens is 268 g/mol. The fourth-order valence-corrected chi connectivity index (χ4v) is 1.82. The van der Waals surface area contributed by atoms with E-state index in [1.54, 1.807) is 42.6 Å². The number of hydrogen-bond donors (Lipinski definition) is 1. The van der Waals surface area contributed by atoms with Gasteiger partial charge in [0.2, 0.25) is 0 Å². The Labute approximate surface area is 123 Å². The zero-order chi connectivity index (χ0) is 15.1. The maximum Gasteiger partial charge on any atom is 0.274 e. The zero-order valence-corrected chi connectivity index (χ0v) is 12.1. The number of anilines is 1. The Hall–Kier alpha value is -2.56. The molecule has 110 valence electrons. The highest BCUT2D eigenvalue weighted by atomic mass is 16.5. The predicted molar refractivity (Wildman–Crippen MR) is 81.0 cm³/mol. The summed E-state index contributed by atoms with van der Waals surface area (Å²) >= 11 is 0. The maximum absolute atomic E-state index is 12.0. The van der Waals surface area contributed by atoms with Crippen LogP contribution in [-0.4, -0.2) is 24.1 Å². The van der Waals surface area contributed by atoms with Gasteiger partial charge in [0, 0.05) is 18.0 Å². The third-order valence-corrected chi connectivity index (χ3v) is 2.70. The molecule has 1 aromatic carbocycles. The molecule has 0 bridgehead atoms. The smallest absolute Gasteiger partial charge is 0.274 e. The van der Waals surface area contributed by atoms with E-state index in [0.717, 1.165) is 0 Å². The minimum absolute atomic E-state index is 0.262. The second-order valence-electron chi connectivity index (χ2n) is 4.20. The summed E-state index contributed by atoms with van der Waals surface area (Å²) in [7, 11) is 0. The first-order valence-corrected chi connectivity index (χ1v) is 6.86. The fraction of sp³-hybridized carbons (Fsp3) is 0.250. The summed E-state index contributed by atoms with van der Waals surface area (Å²) in [6, 6.07) is 10.5. The normalized spacial score (nSPS) is 10.0. The zero-order valence-electron chi connectivity index (χ0n) is 12.1. The van der Waals surface area contributed by atoms with Crippen LogP contribution in [0, 0.1) is 0 Å². The molecule has 0 unspecified atom stereocenters. The van der Waals surface area contributed by atoms with Gasteiger partial charge in [-0.2, -0.15) is 0 Å². The molecule has 1 amide bonds. The molecule has 1 heterocycles. The molecule has 21 heavy (non-hydrogen) atoms. The molecule has 0 aliphatic heterocycles. The lowest BCUT2D eigenvalue weighted by Gasteiger charge is -2.12. The summed E-state index contributed by atoms with van der Waals surface area (Å²) in [5.41, 5.74) is 1.00. The van der Waals surface area contributed by atoms with Gasteiger partial charge in [-0.1, -0.05) is 6.07 Å². The molecule has 5 heteroatoms. The number of nitrogens with zero attached hydrogens (tertiary/aromatic N) is 1. The SMILES string of the molecule is CCOc1ccc(NC(=O)c2ccccn2)cc1OCC. The number of rotatable bonds is 6. The molecule has 0 aliphatic rings. The van der Waals surface area contributed by atoms with Gasteiger partial charge in [0.1, 0.15) is 5.69 Å². The predicted octanol–water partition coefficient (Wildman–Crippen LogP) is 3.13. The van der Waals surface area contributed by atoms with E-state index in [4.69, 9.17) is 9.47 Å². The molecule has 5 nitrogen and oxygen atoms in total. The van der Waals surface area contributed by atoms with Gasteiger partial charge in [0.15, 0.2) is 11.5 Å². The Bertz CT molecular complexity index is 600. The lowest BCUT2D eigenvalue weighted by atomic mass is 10.2. The minimum atomic E-state index is -0.262. The number of nitrogens with one attached hydrogen (secondary N) is 1. The van der Waals surface area contributed by atoms with Gasteiger partial charge in [-0.15, -0.1) is 0 Å². The first kappa shape index (κ1) is 14.8. The van der Waals surface area contributed by atoms with Crippen LogP contribution in [0.25, 0.3) is 0 Å². The molecule has 0 saturated heterocycles. The van der Waals surface area contributed by atoms with Crippen molar-refractivity contribution >= 4 is 11.6 Å². The van der Waals surface area contributed by atoms with Crippen LogP contribution in [-0.2, 0) is 0 Å². The lowest BCUT2D eigenvalue weighted by Crippen LogP contribution is -2.13. The molecule has 2 rings (SSSR count). The van der Waals surface area contributed by atoms with Crippen LogP contribution in [0.2, 0.25) is 0 Å². The van der Waals surface area contributed by atoms with E-state index in [-0.39, 0.29) is 5.91 Å². The summed E-state index contributed by atoms with van der Waals surface area (Å²) in [5.74, 6) is 1.01. The van der Waals surface area contributed by atoms with E-state index in [9.17, 15) is 4.79 Å². The Balaban J connectivity index is 2.16. The van der Waals surface area contributed by atoms with Crippen LogP contribution in [0.4, 0.5) is 5.69 Å². The van der Waals surface area contributed by atoms with Gasteiger partial charge in [-0.3, -0.25) is 9.78 Å². The van der Waals surface area contributed by atoms with Crippen molar-refractivity contribution in [1.82, 2.24) is 4.98 Å². The molecule has 1 N–H and O–H groups in total. The van der Waals surface area contributed by atoms with Crippen LogP contribution < -0.4 is 14.8 Å². The summed E-state index contributed by atoms with van der Waals surface area (Å²) in [4.78, 5) is 16.1. The number of ether oxygens (including phenoxy) is 2. The highest BCUT2D eigenvalue weighted by molar-refractivity contribution is 6.02. The molecule has 0 spiro atoms. The van der Waals surface area contributed by atoms with Crippen molar-refractivity contribution in [3.8, 4) is 11.5 Å². The number of aromatic nitrogens is 1. The second-order valence-corrected chi connectivity index (χ2v) is 4.20. The van der Waals surface area contributed by atoms with Crippen LogP contribution in [0.15, 0.2) is 42.6 Å². The molecule has 1 aromatic heterocycles. The number of pyridine rings is 1. The number of carbonyl (C=O) groups excluding carboxylic acids is 1. The van der Waals surface area contributed by atoms with Crippen molar-refractivity contribution in [3.05, 3.63) is 48.3 Å². The van der Waals surface area contributed by atoms with Crippen molar-refractivity contribution in [2.24, 2.45) is 0 Å². The molecule has 0 radical (unpaired) electrons. The Morgan fingerprint density at radius 2 is 1.86 bits per heavy atom. The molecule has 0 atom stereocenters. The average Bonchev–Trinajstić information content (AvgIpc) is 2.51. The fourth-order valence-electron chi connectivity index (χ4n) is 1.82. The average molecular weight is 286 g/mol. The first-order valence-electron chi connectivity index (χ1n) is 6.86. The summed E-state index contributed by atoms with van der Waals surface area (Å²) in [6.45, 7) is 4.89. The Morgan fingerprint density at radius 1 is 1.10 bits per heavy atom. The molecular formula is C16H18N2O3. The van der Waals surface area contributed by atoms with Crippen molar-refractivity contribution in [1.29, 1.82) is 0 Å². The van der Waals surface area contributed by atoms with Gasteiger partial charge in [-0.25, -0.2) is 0 Å². The largest absolute Gasteiger partial charge is 0.490 e. The van der Waals surface area contributed by atoms with Crippen LogP contribution >= 0.6 is 0 Å². The number of carbonyl (C=O) groups is 1. The topological polar surface area (TPSA) is 60.5 Å². The molecule has 2 aromatic rings. The van der Waals surface area contributed by atoms with Crippen molar-refractivity contribution in [3.63, 3.8) is 0 Å². The molecule has 0 fully saturated rings. The van der Waals surface area contributed by atoms with Crippen LogP contribution in [0.3, 0.4) is 0 Å². The summed E-state index contributed by atoms with van der Waals surface area (Å²) in [5, 5.41) is 2.79. The lowest BCUT2D eigenvalue weighted by molar-refractivity contribution is 0.102. The third-order valence-electron chi connectivity index (χ3n) is 2.70. The van der Waals surface area contributed by atoms with E-state index >= 15 is 0 Å². The highest BCUT2D eigenvalue weighted by Gasteiger charge is 2.10. The summed E-state index contributed by atoms with van der Waals surface area (Å²) < 4.78 is 11.0. The van der Waals surface area contributed by atoms with Crippen molar-refractivity contribution < 1.29 is 14.3 Å². The Morgan fingerprint density at radius 3 is 2.52 bits per heavy atom. The van der Waals surface area contributed by atoms with Crippen molar-refractivity contribution in [2.75, 3.05) is 18.5 Å².